The summed E-state index contributed by atoms with van der Waals surface area (Å²) in [5.74, 6) is 1.32. The van der Waals surface area contributed by atoms with Crippen LogP contribution >= 0.6 is 11.8 Å². The molecule has 1 aliphatic heterocycles. The molecule has 1 N–H and O–H groups in total. The molecular formula is C15H29NOS. The Hall–Kier alpha value is 0.270. The number of rotatable bonds is 7. The van der Waals surface area contributed by atoms with Gasteiger partial charge in [0, 0.05) is 12.6 Å². The van der Waals surface area contributed by atoms with E-state index in [4.69, 9.17) is 4.74 Å². The summed E-state index contributed by atoms with van der Waals surface area (Å²) in [7, 11) is 0. The Morgan fingerprint density at radius 2 is 2.06 bits per heavy atom. The molecule has 2 aliphatic rings. The largest absolute Gasteiger partial charge is 0.375 e. The average Bonchev–Trinajstić information content (AvgIpc) is 2.82. The highest BCUT2D eigenvalue weighted by molar-refractivity contribution is 7.98. The second-order valence-corrected chi connectivity index (χ2v) is 6.92. The lowest BCUT2D eigenvalue weighted by molar-refractivity contribution is -0.0835. The van der Waals surface area contributed by atoms with Crippen LogP contribution in [0, 0.1) is 0 Å². The maximum atomic E-state index is 6.07. The van der Waals surface area contributed by atoms with Gasteiger partial charge in [0.2, 0.25) is 0 Å². The van der Waals surface area contributed by atoms with Crippen molar-refractivity contribution in [1.82, 2.24) is 5.32 Å². The van der Waals surface area contributed by atoms with Crippen molar-refractivity contribution < 1.29 is 4.74 Å². The molecule has 1 heterocycles. The van der Waals surface area contributed by atoms with Gasteiger partial charge in [-0.05, 0) is 57.1 Å². The Morgan fingerprint density at radius 1 is 1.22 bits per heavy atom. The summed E-state index contributed by atoms with van der Waals surface area (Å²) in [6.07, 6.45) is 14.1. The monoisotopic (exact) mass is 271 g/mol. The highest BCUT2D eigenvalue weighted by Crippen LogP contribution is 2.39. The molecule has 0 aromatic rings. The lowest BCUT2D eigenvalue weighted by atomic mass is 9.89. The van der Waals surface area contributed by atoms with Gasteiger partial charge in [0.1, 0.15) is 0 Å². The third kappa shape index (κ3) is 4.43. The van der Waals surface area contributed by atoms with Gasteiger partial charge >= 0.3 is 0 Å². The first kappa shape index (κ1) is 14.7. The fourth-order valence-electron chi connectivity index (χ4n) is 3.42. The smallest absolute Gasteiger partial charge is 0.0697 e. The zero-order valence-electron chi connectivity index (χ0n) is 11.9. The third-order valence-corrected chi connectivity index (χ3v) is 5.16. The van der Waals surface area contributed by atoms with Crippen LogP contribution in [0.1, 0.15) is 57.8 Å². The maximum absolute atomic E-state index is 6.07. The predicted octanol–water partition coefficient (Wildman–Crippen LogP) is 3.60. The maximum Gasteiger partial charge on any atom is 0.0697 e. The van der Waals surface area contributed by atoms with Crippen LogP contribution in [0.2, 0.25) is 0 Å². The van der Waals surface area contributed by atoms with Crippen LogP contribution < -0.4 is 5.32 Å². The topological polar surface area (TPSA) is 21.3 Å². The van der Waals surface area contributed by atoms with E-state index in [2.05, 4.69) is 11.6 Å². The second kappa shape index (κ2) is 7.76. The van der Waals surface area contributed by atoms with Gasteiger partial charge in [0.05, 0.1) is 5.60 Å². The molecule has 1 unspecified atom stereocenters. The number of thioether (sulfide) groups is 1. The zero-order chi connectivity index (χ0) is 12.7. The molecule has 106 valence electrons. The minimum atomic E-state index is 0.273. The molecule has 1 atom stereocenters. The number of ether oxygens (including phenoxy) is 1. The Morgan fingerprint density at radius 3 is 2.83 bits per heavy atom. The molecule has 2 nitrogen and oxygen atoms in total. The van der Waals surface area contributed by atoms with Crippen molar-refractivity contribution in [2.45, 2.75) is 69.4 Å². The molecule has 0 radical (unpaired) electrons. The van der Waals surface area contributed by atoms with Gasteiger partial charge < -0.3 is 10.1 Å². The summed E-state index contributed by atoms with van der Waals surface area (Å²) in [4.78, 5) is 0. The van der Waals surface area contributed by atoms with E-state index in [1.54, 1.807) is 0 Å². The van der Waals surface area contributed by atoms with Gasteiger partial charge in [0.15, 0.2) is 0 Å². The molecule has 1 spiro atoms. The summed E-state index contributed by atoms with van der Waals surface area (Å²) < 4.78 is 6.07. The molecule has 0 amide bonds. The lowest BCUT2D eigenvalue weighted by Crippen LogP contribution is -2.45. The highest BCUT2D eigenvalue weighted by atomic mass is 32.2. The number of hydrogen-bond donors (Lipinski definition) is 1. The zero-order valence-corrected chi connectivity index (χ0v) is 12.7. The normalized spacial score (nSPS) is 26.8. The third-order valence-electron chi connectivity index (χ3n) is 4.47. The minimum absolute atomic E-state index is 0.273. The summed E-state index contributed by atoms with van der Waals surface area (Å²) >= 11 is 1.96. The molecule has 0 aromatic heterocycles. The van der Waals surface area contributed by atoms with Crippen LogP contribution in [-0.4, -0.2) is 36.8 Å². The number of nitrogens with one attached hydrogen (secondary N) is 1. The molecule has 2 rings (SSSR count). The van der Waals surface area contributed by atoms with E-state index >= 15 is 0 Å². The highest BCUT2D eigenvalue weighted by Gasteiger charge is 2.39. The van der Waals surface area contributed by atoms with Crippen molar-refractivity contribution in [3.8, 4) is 0 Å². The first-order chi connectivity index (χ1) is 8.85. The van der Waals surface area contributed by atoms with Crippen molar-refractivity contribution in [3.63, 3.8) is 0 Å². The summed E-state index contributed by atoms with van der Waals surface area (Å²) in [5.41, 5.74) is 0.273. The SMILES string of the molecule is CSCCCCCNC1CCOC2(CCCC2)C1. The summed E-state index contributed by atoms with van der Waals surface area (Å²) in [6, 6.07) is 0.720. The molecule has 3 heteroatoms. The Labute approximate surface area is 117 Å². The molecule has 1 aliphatic carbocycles. The van der Waals surface area contributed by atoms with Gasteiger partial charge in [-0.2, -0.15) is 11.8 Å². The second-order valence-electron chi connectivity index (χ2n) is 5.94. The first-order valence-electron chi connectivity index (χ1n) is 7.71. The fourth-order valence-corrected chi connectivity index (χ4v) is 3.92. The molecule has 18 heavy (non-hydrogen) atoms. The van der Waals surface area contributed by atoms with Gasteiger partial charge in [-0.1, -0.05) is 19.3 Å². The van der Waals surface area contributed by atoms with E-state index in [0.29, 0.717) is 0 Å². The van der Waals surface area contributed by atoms with E-state index in [-0.39, 0.29) is 5.60 Å². The average molecular weight is 271 g/mol. The van der Waals surface area contributed by atoms with Gasteiger partial charge in [-0.15, -0.1) is 0 Å². The fraction of sp³-hybridized carbons (Fsp3) is 1.00. The van der Waals surface area contributed by atoms with E-state index < -0.39 is 0 Å². The van der Waals surface area contributed by atoms with E-state index in [9.17, 15) is 0 Å². The van der Waals surface area contributed by atoms with Crippen molar-refractivity contribution in [2.75, 3.05) is 25.2 Å². The quantitative estimate of drug-likeness (QED) is 0.715. The molecule has 1 saturated heterocycles. The lowest BCUT2D eigenvalue weighted by Gasteiger charge is -2.38. The standard InChI is InChI=1S/C15H29NOS/c1-18-12-6-2-5-10-16-14-7-11-17-15(13-14)8-3-4-9-15/h14,16H,2-13H2,1H3. The summed E-state index contributed by atoms with van der Waals surface area (Å²) in [5, 5.41) is 3.76. The first-order valence-corrected chi connectivity index (χ1v) is 9.10. The number of unbranched alkanes of at least 4 members (excludes halogenated alkanes) is 2. The number of hydrogen-bond acceptors (Lipinski definition) is 3. The van der Waals surface area contributed by atoms with E-state index in [0.717, 1.165) is 12.6 Å². The summed E-state index contributed by atoms with van der Waals surface area (Å²) in [6.45, 7) is 2.18. The van der Waals surface area contributed by atoms with Crippen LogP contribution in [0.25, 0.3) is 0 Å². The van der Waals surface area contributed by atoms with Crippen molar-refractivity contribution >= 4 is 11.8 Å². The van der Waals surface area contributed by atoms with E-state index in [1.165, 1.54) is 70.1 Å². The van der Waals surface area contributed by atoms with Crippen molar-refractivity contribution in [2.24, 2.45) is 0 Å². The van der Waals surface area contributed by atoms with Crippen LogP contribution in [-0.2, 0) is 4.74 Å². The van der Waals surface area contributed by atoms with Crippen LogP contribution in [0.4, 0.5) is 0 Å². The minimum Gasteiger partial charge on any atom is -0.375 e. The van der Waals surface area contributed by atoms with Gasteiger partial charge in [-0.3, -0.25) is 0 Å². The Bertz CT molecular complexity index is 229. The van der Waals surface area contributed by atoms with Crippen molar-refractivity contribution in [1.29, 1.82) is 0 Å². The molecular weight excluding hydrogens is 242 g/mol. The molecule has 2 fully saturated rings. The van der Waals surface area contributed by atoms with Crippen LogP contribution in [0.3, 0.4) is 0 Å². The Kier molecular flexibility index (Phi) is 6.33. The van der Waals surface area contributed by atoms with Gasteiger partial charge in [-0.25, -0.2) is 0 Å². The van der Waals surface area contributed by atoms with E-state index in [1.807, 2.05) is 11.8 Å². The molecule has 0 aromatic carbocycles. The van der Waals surface area contributed by atoms with Crippen LogP contribution in [0.15, 0.2) is 0 Å². The molecule has 1 saturated carbocycles. The van der Waals surface area contributed by atoms with Gasteiger partial charge in [0.25, 0.3) is 0 Å². The van der Waals surface area contributed by atoms with Crippen molar-refractivity contribution in [3.05, 3.63) is 0 Å². The Balaban J connectivity index is 1.58. The van der Waals surface area contributed by atoms with Crippen LogP contribution in [0.5, 0.6) is 0 Å². The molecule has 0 bridgehead atoms. The predicted molar refractivity (Wildman–Crippen MR) is 80.4 cm³/mol.